The number of halogens is 1. The lowest BCUT2D eigenvalue weighted by Crippen LogP contribution is -2.53. The van der Waals surface area contributed by atoms with Gasteiger partial charge in [0.2, 0.25) is 0 Å². The molecule has 23 heavy (non-hydrogen) atoms. The van der Waals surface area contributed by atoms with Crippen LogP contribution in [0.2, 0.25) is 0 Å². The number of amides is 1. The van der Waals surface area contributed by atoms with Gasteiger partial charge >= 0.3 is 0 Å². The van der Waals surface area contributed by atoms with Crippen LogP contribution in [-0.4, -0.2) is 39.7 Å². The Morgan fingerprint density at radius 1 is 1.35 bits per heavy atom. The zero-order valence-corrected chi connectivity index (χ0v) is 15.0. The fraction of sp³-hybridized carbons (Fsp3) is 0.412. The number of carbonyl (C=O) groups is 1. The van der Waals surface area contributed by atoms with Gasteiger partial charge < -0.3 is 10.6 Å². The van der Waals surface area contributed by atoms with Crippen LogP contribution in [0.5, 0.6) is 0 Å². The van der Waals surface area contributed by atoms with Gasteiger partial charge in [0.15, 0.2) is 0 Å². The number of piperidine rings is 1. The number of rotatable bonds is 2. The average molecular weight is 377 g/mol. The molecule has 1 saturated heterocycles. The van der Waals surface area contributed by atoms with Crippen molar-refractivity contribution in [1.29, 1.82) is 0 Å². The molecule has 2 heterocycles. The minimum absolute atomic E-state index is 0.0216. The molecule has 5 nitrogen and oxygen atoms in total. The van der Waals surface area contributed by atoms with Crippen molar-refractivity contribution in [3.05, 3.63) is 46.7 Å². The molecular formula is C17H21BrN4O. The van der Waals surface area contributed by atoms with E-state index in [1.54, 1.807) is 17.1 Å². The largest absolute Gasteiger partial charge is 0.338 e. The van der Waals surface area contributed by atoms with Crippen LogP contribution in [0.1, 0.15) is 30.6 Å². The maximum atomic E-state index is 12.7. The number of aromatic nitrogens is 2. The lowest BCUT2D eigenvalue weighted by Gasteiger charge is -2.42. The highest BCUT2D eigenvalue weighted by atomic mass is 79.9. The van der Waals surface area contributed by atoms with Gasteiger partial charge in [-0.3, -0.25) is 4.79 Å². The van der Waals surface area contributed by atoms with Crippen molar-refractivity contribution >= 4 is 21.8 Å². The van der Waals surface area contributed by atoms with Crippen LogP contribution in [0.25, 0.3) is 5.69 Å². The first-order valence-corrected chi connectivity index (χ1v) is 8.51. The molecule has 1 aromatic heterocycles. The molecule has 1 atom stereocenters. The summed E-state index contributed by atoms with van der Waals surface area (Å²) >= 11 is 3.41. The number of benzene rings is 1. The van der Waals surface area contributed by atoms with Gasteiger partial charge in [-0.25, -0.2) is 4.68 Å². The van der Waals surface area contributed by atoms with Gasteiger partial charge in [-0.15, -0.1) is 0 Å². The normalized spacial score (nSPS) is 20.5. The van der Waals surface area contributed by atoms with E-state index in [1.807, 2.05) is 29.2 Å². The molecule has 0 radical (unpaired) electrons. The van der Waals surface area contributed by atoms with Gasteiger partial charge in [0, 0.05) is 29.8 Å². The molecular weight excluding hydrogens is 356 g/mol. The first kappa shape index (κ1) is 16.2. The average Bonchev–Trinajstić information content (AvgIpc) is 3.00. The quantitative estimate of drug-likeness (QED) is 0.876. The summed E-state index contributed by atoms with van der Waals surface area (Å²) in [4.78, 5) is 14.6. The van der Waals surface area contributed by atoms with E-state index in [2.05, 4.69) is 34.9 Å². The molecule has 1 aromatic carbocycles. The van der Waals surface area contributed by atoms with Crippen LogP contribution < -0.4 is 5.73 Å². The molecule has 1 aliphatic heterocycles. The third kappa shape index (κ3) is 3.33. The third-order valence-electron chi connectivity index (χ3n) is 4.52. The monoisotopic (exact) mass is 376 g/mol. The van der Waals surface area contributed by atoms with Crippen molar-refractivity contribution < 1.29 is 4.79 Å². The first-order chi connectivity index (χ1) is 10.9. The van der Waals surface area contributed by atoms with E-state index in [-0.39, 0.29) is 17.4 Å². The van der Waals surface area contributed by atoms with E-state index >= 15 is 0 Å². The van der Waals surface area contributed by atoms with Gasteiger partial charge in [-0.2, -0.15) is 5.10 Å². The van der Waals surface area contributed by atoms with E-state index in [9.17, 15) is 4.79 Å². The van der Waals surface area contributed by atoms with Crippen LogP contribution in [0.4, 0.5) is 0 Å². The fourth-order valence-corrected chi connectivity index (χ4v) is 3.16. The summed E-state index contributed by atoms with van der Waals surface area (Å²) in [5.41, 5.74) is 7.62. The molecule has 1 unspecified atom stereocenters. The molecule has 2 N–H and O–H groups in total. The number of nitrogens with zero attached hydrogens (tertiary/aromatic N) is 3. The van der Waals surface area contributed by atoms with Crippen LogP contribution >= 0.6 is 15.9 Å². The fourth-order valence-electron chi connectivity index (χ4n) is 2.90. The van der Waals surface area contributed by atoms with E-state index in [4.69, 9.17) is 5.73 Å². The molecule has 0 bridgehead atoms. The summed E-state index contributed by atoms with van der Waals surface area (Å²) in [5.74, 6) is 0.0216. The van der Waals surface area contributed by atoms with Crippen molar-refractivity contribution in [2.75, 3.05) is 13.1 Å². The van der Waals surface area contributed by atoms with Crippen molar-refractivity contribution in [2.24, 2.45) is 11.1 Å². The summed E-state index contributed by atoms with van der Waals surface area (Å²) < 4.78 is 2.73. The second kappa shape index (κ2) is 6.09. The van der Waals surface area contributed by atoms with Crippen LogP contribution in [0.15, 0.2) is 41.1 Å². The summed E-state index contributed by atoms with van der Waals surface area (Å²) in [6.07, 6.45) is 4.25. The van der Waals surface area contributed by atoms with Gasteiger partial charge in [0.1, 0.15) is 0 Å². The molecule has 1 amide bonds. The minimum atomic E-state index is -0.0599. The molecule has 1 aliphatic rings. The minimum Gasteiger partial charge on any atom is -0.338 e. The van der Waals surface area contributed by atoms with Gasteiger partial charge in [0.05, 0.1) is 17.4 Å². The predicted molar refractivity (Wildman–Crippen MR) is 93.5 cm³/mol. The summed E-state index contributed by atoms with van der Waals surface area (Å²) in [7, 11) is 0. The van der Waals surface area contributed by atoms with E-state index < -0.39 is 0 Å². The van der Waals surface area contributed by atoms with E-state index in [0.717, 1.165) is 16.6 Å². The van der Waals surface area contributed by atoms with Gasteiger partial charge in [-0.05, 0) is 36.1 Å². The molecule has 1 fully saturated rings. The Morgan fingerprint density at radius 3 is 2.70 bits per heavy atom. The van der Waals surface area contributed by atoms with Crippen LogP contribution in [0, 0.1) is 5.41 Å². The maximum Gasteiger partial charge on any atom is 0.257 e. The van der Waals surface area contributed by atoms with Gasteiger partial charge in [-0.1, -0.05) is 29.8 Å². The zero-order valence-electron chi connectivity index (χ0n) is 13.4. The van der Waals surface area contributed by atoms with Crippen molar-refractivity contribution in [2.45, 2.75) is 26.3 Å². The van der Waals surface area contributed by atoms with Crippen molar-refractivity contribution in [1.82, 2.24) is 14.7 Å². The second-order valence-corrected chi connectivity index (χ2v) is 7.68. The topological polar surface area (TPSA) is 64.2 Å². The second-order valence-electron chi connectivity index (χ2n) is 6.76. The predicted octanol–water partition coefficient (Wildman–Crippen LogP) is 2.83. The summed E-state index contributed by atoms with van der Waals surface area (Å²) in [6.45, 7) is 5.61. The Kier molecular flexibility index (Phi) is 4.29. The van der Waals surface area contributed by atoms with Gasteiger partial charge in [0.25, 0.3) is 5.91 Å². The molecule has 0 saturated carbocycles. The van der Waals surface area contributed by atoms with E-state index in [1.165, 1.54) is 0 Å². The smallest absolute Gasteiger partial charge is 0.257 e. The number of hydrogen-bond acceptors (Lipinski definition) is 3. The Hall–Kier alpha value is -1.66. The Bertz CT molecular complexity index is 708. The molecule has 3 rings (SSSR count). The first-order valence-electron chi connectivity index (χ1n) is 7.72. The summed E-state index contributed by atoms with van der Waals surface area (Å²) in [5, 5.41) is 4.31. The molecule has 6 heteroatoms. The SMILES string of the molecule is CC1(C)CN(C(=O)c2cnn(-c3ccc(Br)cc3)c2)CCC1N. The standard InChI is InChI=1S/C17H21BrN4O/c1-17(2)11-21(8-7-15(17)19)16(23)12-9-20-22(10-12)14-5-3-13(18)4-6-14/h3-6,9-10,15H,7-8,11,19H2,1-2H3. The lowest BCUT2D eigenvalue weighted by atomic mass is 9.79. The molecule has 122 valence electrons. The number of nitrogens with two attached hydrogens (primary N) is 1. The Balaban J connectivity index is 1.77. The number of hydrogen-bond donors (Lipinski definition) is 1. The third-order valence-corrected chi connectivity index (χ3v) is 5.05. The highest BCUT2D eigenvalue weighted by Gasteiger charge is 2.35. The number of carbonyl (C=O) groups excluding carboxylic acids is 1. The lowest BCUT2D eigenvalue weighted by molar-refractivity contribution is 0.0533. The summed E-state index contributed by atoms with van der Waals surface area (Å²) in [6, 6.07) is 7.94. The Labute approximate surface area is 144 Å². The molecule has 2 aromatic rings. The molecule has 0 spiro atoms. The maximum absolute atomic E-state index is 12.7. The highest BCUT2D eigenvalue weighted by Crippen LogP contribution is 2.28. The zero-order chi connectivity index (χ0) is 16.6. The van der Waals surface area contributed by atoms with Crippen LogP contribution in [0.3, 0.4) is 0 Å². The number of likely N-dealkylation sites (tertiary alicyclic amines) is 1. The Morgan fingerprint density at radius 2 is 2.04 bits per heavy atom. The van der Waals surface area contributed by atoms with Crippen LogP contribution in [-0.2, 0) is 0 Å². The van der Waals surface area contributed by atoms with Crippen molar-refractivity contribution in [3.63, 3.8) is 0 Å². The highest BCUT2D eigenvalue weighted by molar-refractivity contribution is 9.10. The van der Waals surface area contributed by atoms with Crippen molar-refractivity contribution in [3.8, 4) is 5.69 Å². The van der Waals surface area contributed by atoms with E-state index in [0.29, 0.717) is 18.7 Å². The molecule has 0 aliphatic carbocycles.